The second-order valence-electron chi connectivity index (χ2n) is 15.0. The molecule has 0 radical (unpaired) electrons. The van der Waals surface area contributed by atoms with E-state index < -0.39 is 17.3 Å². The lowest BCUT2D eigenvalue weighted by molar-refractivity contribution is -0.137. The van der Waals surface area contributed by atoms with Crippen LogP contribution in [-0.4, -0.2) is 52.9 Å². The summed E-state index contributed by atoms with van der Waals surface area (Å²) in [5.41, 5.74) is 3.11. The van der Waals surface area contributed by atoms with Gasteiger partial charge in [-0.1, -0.05) is 74.3 Å². The van der Waals surface area contributed by atoms with E-state index in [4.69, 9.17) is 16.6 Å². The van der Waals surface area contributed by atoms with Gasteiger partial charge in [0.25, 0.3) is 5.91 Å². The Kier molecular flexibility index (Phi) is 9.99. The Morgan fingerprint density at radius 2 is 1.68 bits per heavy atom. The van der Waals surface area contributed by atoms with Gasteiger partial charge in [-0.25, -0.2) is 4.98 Å². The molecule has 1 aromatic heterocycles. The van der Waals surface area contributed by atoms with Crippen molar-refractivity contribution >= 4 is 28.4 Å². The third-order valence-corrected chi connectivity index (χ3v) is 11.2. The molecule has 3 heterocycles. The van der Waals surface area contributed by atoms with Crippen LogP contribution in [0.4, 0.5) is 13.2 Å². The lowest BCUT2D eigenvalue weighted by Gasteiger charge is -2.40. The molecule has 264 valence electrons. The zero-order valence-electron chi connectivity index (χ0n) is 29.0. The van der Waals surface area contributed by atoms with Gasteiger partial charge in [0.2, 0.25) is 0 Å². The van der Waals surface area contributed by atoms with Crippen LogP contribution in [0.2, 0.25) is 5.02 Å². The van der Waals surface area contributed by atoms with E-state index in [0.29, 0.717) is 63.2 Å². The maximum atomic E-state index is 14.8. The minimum atomic E-state index is -4.52. The monoisotopic (exact) mass is 702 g/mol. The molecule has 9 heteroatoms. The van der Waals surface area contributed by atoms with E-state index in [0.717, 1.165) is 69.1 Å². The normalized spacial score (nSPS) is 18.9. The molecule has 0 bridgehead atoms. The number of piperidine rings is 2. The zero-order chi connectivity index (χ0) is 35.0. The lowest BCUT2D eigenvalue weighted by atomic mass is 9.92. The van der Waals surface area contributed by atoms with E-state index in [2.05, 4.69) is 29.0 Å². The predicted octanol–water partition coefficient (Wildman–Crippen LogP) is 9.64. The van der Waals surface area contributed by atoms with E-state index in [-0.39, 0.29) is 5.91 Å². The number of halogens is 4. The van der Waals surface area contributed by atoms with Gasteiger partial charge >= 0.3 is 6.18 Å². The summed E-state index contributed by atoms with van der Waals surface area (Å²) in [6.45, 7) is 8.58. The number of carbonyl (C=O) groups is 1. The number of pyridine rings is 1. The molecule has 1 amide bonds. The van der Waals surface area contributed by atoms with Gasteiger partial charge in [-0.15, -0.1) is 0 Å². The first-order chi connectivity index (χ1) is 24.0. The molecule has 3 aromatic carbocycles. The van der Waals surface area contributed by atoms with E-state index in [1.807, 2.05) is 42.5 Å². The molecule has 1 N–H and O–H groups in total. The third-order valence-electron chi connectivity index (χ3n) is 10.8. The molecule has 5 nitrogen and oxygen atoms in total. The summed E-state index contributed by atoms with van der Waals surface area (Å²) >= 11 is 6.93. The Bertz CT molecular complexity index is 1840. The number of hydrogen-bond donors (Lipinski definition) is 1. The number of benzene rings is 3. The van der Waals surface area contributed by atoms with Gasteiger partial charge in [0.15, 0.2) is 0 Å². The smallest absolute Gasteiger partial charge is 0.342 e. The van der Waals surface area contributed by atoms with Crippen molar-refractivity contribution in [1.82, 2.24) is 20.1 Å². The minimum absolute atomic E-state index is 0.252. The summed E-state index contributed by atoms with van der Waals surface area (Å²) < 4.78 is 42.2. The number of rotatable bonds is 9. The number of nitrogens with one attached hydrogen (secondary N) is 1. The van der Waals surface area contributed by atoms with Crippen LogP contribution in [0.1, 0.15) is 91.4 Å². The zero-order valence-corrected chi connectivity index (χ0v) is 29.7. The maximum Gasteiger partial charge on any atom is 0.416 e. The van der Waals surface area contributed by atoms with E-state index in [1.54, 1.807) is 6.07 Å². The molecular weight excluding hydrogens is 657 g/mol. The molecule has 2 saturated heterocycles. The average molecular weight is 703 g/mol. The summed E-state index contributed by atoms with van der Waals surface area (Å²) in [6.07, 6.45) is 3.63. The van der Waals surface area contributed by atoms with E-state index >= 15 is 0 Å². The summed E-state index contributed by atoms with van der Waals surface area (Å²) in [4.78, 5) is 24.9. The van der Waals surface area contributed by atoms with Crippen molar-refractivity contribution in [2.45, 2.75) is 89.5 Å². The quantitative estimate of drug-likeness (QED) is 0.189. The number of alkyl halides is 3. The van der Waals surface area contributed by atoms with Crippen molar-refractivity contribution in [2.75, 3.05) is 26.2 Å². The minimum Gasteiger partial charge on any atom is -0.342 e. The van der Waals surface area contributed by atoms with E-state index in [9.17, 15) is 18.0 Å². The lowest BCUT2D eigenvalue weighted by Crippen LogP contribution is -2.46. The number of amides is 1. The first-order valence-electron chi connectivity index (χ1n) is 18.2. The van der Waals surface area contributed by atoms with Crippen LogP contribution in [0.3, 0.4) is 0 Å². The molecule has 50 heavy (non-hydrogen) atoms. The fraction of sp³-hybridized carbons (Fsp3) is 0.463. The number of nitrogens with zero attached hydrogens (tertiary/aromatic N) is 3. The molecule has 3 fully saturated rings. The summed E-state index contributed by atoms with van der Waals surface area (Å²) in [7, 11) is 0. The van der Waals surface area contributed by atoms with Crippen LogP contribution in [0, 0.1) is 5.92 Å². The molecule has 3 aliphatic rings. The third kappa shape index (κ3) is 7.44. The number of carbonyl (C=O) groups excluding carboxylic acids is 1. The standard InChI is InChI=1S/C41H46ClF3N4O/c1-27(2)22-29-24-36-33(25-35(29)42)37(39(50)47-40(16-17-40)30-11-5-3-6-12-30)34(38(46-36)28-10-9-13-31(23-28)41(43,44)45)26-48-20-14-32(15-21-48)49-18-7-4-8-19-49/h3,5-6,9-13,23-25,27,32H,4,7-8,14-22,26H2,1-2H3,(H,47,50). The Labute approximate surface area is 298 Å². The molecule has 7 rings (SSSR count). The molecule has 2 aliphatic heterocycles. The topological polar surface area (TPSA) is 48.5 Å². The number of likely N-dealkylation sites (tertiary alicyclic amines) is 2. The fourth-order valence-corrected chi connectivity index (χ4v) is 8.30. The van der Waals surface area contributed by atoms with Crippen LogP contribution >= 0.6 is 11.6 Å². The Balaban J connectivity index is 1.36. The van der Waals surface area contributed by atoms with Crippen LogP contribution in [0.5, 0.6) is 0 Å². The Hall–Kier alpha value is -3.46. The van der Waals surface area contributed by atoms with Gasteiger partial charge in [-0.2, -0.15) is 13.2 Å². The number of fused-ring (bicyclic) bond motifs is 1. The van der Waals surface area contributed by atoms with Crippen molar-refractivity contribution < 1.29 is 18.0 Å². The molecular formula is C41H46ClF3N4O. The Morgan fingerprint density at radius 1 is 0.960 bits per heavy atom. The van der Waals surface area contributed by atoms with Gasteiger partial charge in [-0.05, 0) is 112 Å². The van der Waals surface area contributed by atoms with Crippen molar-refractivity contribution in [2.24, 2.45) is 5.92 Å². The molecule has 1 aliphatic carbocycles. The summed E-state index contributed by atoms with van der Waals surface area (Å²) in [5.74, 6) is 0.0706. The van der Waals surface area contributed by atoms with Crippen molar-refractivity contribution in [1.29, 1.82) is 0 Å². The maximum absolute atomic E-state index is 14.8. The van der Waals surface area contributed by atoms with Gasteiger partial charge in [0.1, 0.15) is 0 Å². The van der Waals surface area contributed by atoms with Gasteiger partial charge < -0.3 is 10.2 Å². The highest BCUT2D eigenvalue weighted by Gasteiger charge is 2.46. The molecule has 4 aromatic rings. The van der Waals surface area contributed by atoms with Crippen LogP contribution in [0.15, 0.2) is 66.7 Å². The summed E-state index contributed by atoms with van der Waals surface area (Å²) in [5, 5.41) is 4.57. The van der Waals surface area contributed by atoms with E-state index in [1.165, 1.54) is 31.4 Å². The molecule has 0 spiro atoms. The van der Waals surface area contributed by atoms with Gasteiger partial charge in [0, 0.05) is 34.1 Å². The van der Waals surface area contributed by atoms with Gasteiger partial charge in [0.05, 0.1) is 27.9 Å². The Morgan fingerprint density at radius 3 is 2.34 bits per heavy atom. The van der Waals surface area contributed by atoms with Crippen LogP contribution in [0.25, 0.3) is 22.2 Å². The summed E-state index contributed by atoms with van der Waals surface area (Å²) in [6, 6.07) is 19.6. The number of hydrogen-bond acceptors (Lipinski definition) is 4. The predicted molar refractivity (Wildman–Crippen MR) is 194 cm³/mol. The van der Waals surface area contributed by atoms with Crippen LogP contribution < -0.4 is 5.32 Å². The molecule has 1 saturated carbocycles. The van der Waals surface area contributed by atoms with Crippen molar-refractivity contribution in [3.05, 3.63) is 99.6 Å². The largest absolute Gasteiger partial charge is 0.416 e. The highest BCUT2D eigenvalue weighted by atomic mass is 35.5. The molecule has 0 unspecified atom stereocenters. The van der Waals surface area contributed by atoms with Crippen molar-refractivity contribution in [3.63, 3.8) is 0 Å². The highest BCUT2D eigenvalue weighted by Crippen LogP contribution is 2.46. The highest BCUT2D eigenvalue weighted by molar-refractivity contribution is 6.32. The van der Waals surface area contributed by atoms with Crippen LogP contribution in [-0.2, 0) is 24.7 Å². The second-order valence-corrected chi connectivity index (χ2v) is 15.4. The second kappa shape index (κ2) is 14.3. The molecule has 0 atom stereocenters. The first kappa shape index (κ1) is 35.0. The van der Waals surface area contributed by atoms with Gasteiger partial charge in [-0.3, -0.25) is 9.69 Å². The SMILES string of the molecule is CC(C)Cc1cc2nc(-c3cccc(C(F)(F)F)c3)c(CN3CCC(N4CCCCC4)CC3)c(C(=O)NC3(c4ccccc4)CC3)c2cc1Cl. The first-order valence-corrected chi connectivity index (χ1v) is 18.6. The fourth-order valence-electron chi connectivity index (χ4n) is 8.06. The number of aromatic nitrogens is 1. The average Bonchev–Trinajstić information content (AvgIpc) is 3.89. The van der Waals surface area contributed by atoms with Crippen molar-refractivity contribution in [3.8, 4) is 11.3 Å².